The average Bonchev–Trinajstić information content (AvgIpc) is 3.73. The van der Waals surface area contributed by atoms with Crippen LogP contribution < -0.4 is 0 Å². The molecule has 0 N–H and O–H groups in total. The second kappa shape index (κ2) is 80.2. The Bertz CT molecular complexity index is 1500. The van der Waals surface area contributed by atoms with Gasteiger partial charge in [-0.3, -0.25) is 9.59 Å². The second-order valence-corrected chi connectivity index (χ2v) is 27.5. The van der Waals surface area contributed by atoms with Crippen molar-refractivity contribution in [3.63, 3.8) is 0 Å². The molecule has 0 aliphatic heterocycles. The van der Waals surface area contributed by atoms with Crippen molar-refractivity contribution < 1.29 is 19.1 Å². The van der Waals surface area contributed by atoms with Crippen LogP contribution in [0.3, 0.4) is 0 Å². The van der Waals surface area contributed by atoms with Gasteiger partial charge in [-0.25, -0.2) is 0 Å². The summed E-state index contributed by atoms with van der Waals surface area (Å²) in [7, 11) is 8.24. The van der Waals surface area contributed by atoms with E-state index in [4.69, 9.17) is 9.47 Å². The molecule has 0 heterocycles. The highest BCUT2D eigenvalue weighted by Gasteiger charge is 2.16. The monoisotopic (exact) mass is 1280 g/mol. The van der Waals surface area contributed by atoms with E-state index in [1.165, 1.54) is 283 Å². The molecule has 0 aromatic heterocycles. The number of unbranched alkanes of at least 4 members (excludes halogenated alkanes) is 36. The predicted molar refractivity (Wildman–Crippen MR) is 411 cm³/mol. The molecule has 6 heteroatoms. The van der Waals surface area contributed by atoms with Crippen LogP contribution in [0, 0.1) is 0 Å². The van der Waals surface area contributed by atoms with Gasteiger partial charge in [0.1, 0.15) is 12.2 Å². The number of nitrogens with zero attached hydrogens (tertiary/aromatic N) is 2. The van der Waals surface area contributed by atoms with Gasteiger partial charge in [0.05, 0.1) is 0 Å². The van der Waals surface area contributed by atoms with Crippen LogP contribution in [0.4, 0.5) is 0 Å². The maximum atomic E-state index is 12.5. The summed E-state index contributed by atoms with van der Waals surface area (Å²) in [6.07, 6.45) is 106. The zero-order valence-electron chi connectivity index (χ0n) is 62.9. The zero-order chi connectivity index (χ0) is 67.2. The first-order valence-electron chi connectivity index (χ1n) is 40.1. The topological polar surface area (TPSA) is 59.1 Å². The first-order chi connectivity index (χ1) is 45.2. The number of rotatable bonds is 70. The highest BCUT2D eigenvalue weighted by Crippen LogP contribution is 2.21. The SMILES string of the molecule is CCCCC/C=C\C/C=C\CCCCCCCCC(CCCCCCCC/C=C\C/C=C\CCCCC)OC(=O)CCCN(C)C.CCCCC/C=C\C/C=C\CCCCCCCCC(CCCCCCCC/C=C\C/C=C\CCCCC)OC(=O)CCCN(C)C. The molecule has 92 heavy (non-hydrogen) atoms. The molecule has 0 aromatic rings. The number of allylic oxidation sites excluding steroid dienone is 16. The minimum Gasteiger partial charge on any atom is -0.462 e. The van der Waals surface area contributed by atoms with Gasteiger partial charge < -0.3 is 19.3 Å². The molecule has 0 radical (unpaired) electrons. The Morgan fingerprint density at radius 2 is 0.435 bits per heavy atom. The molecule has 0 saturated carbocycles. The van der Waals surface area contributed by atoms with Crippen molar-refractivity contribution >= 4 is 11.9 Å². The van der Waals surface area contributed by atoms with Crippen molar-refractivity contribution in [1.29, 1.82) is 0 Å². The molecule has 0 aliphatic carbocycles. The molecule has 0 rings (SSSR count). The van der Waals surface area contributed by atoms with Gasteiger partial charge in [0.2, 0.25) is 0 Å². The van der Waals surface area contributed by atoms with E-state index >= 15 is 0 Å². The number of hydrogen-bond donors (Lipinski definition) is 0. The molecule has 0 fully saturated rings. The number of carbonyl (C=O) groups excluding carboxylic acids is 2. The highest BCUT2D eigenvalue weighted by atomic mass is 16.5. The molecule has 0 amide bonds. The lowest BCUT2D eigenvalue weighted by atomic mass is 10.0. The largest absolute Gasteiger partial charge is 0.462 e. The van der Waals surface area contributed by atoms with Crippen molar-refractivity contribution in [2.75, 3.05) is 41.3 Å². The Kier molecular flexibility index (Phi) is 79.2. The van der Waals surface area contributed by atoms with Crippen LogP contribution in [0.5, 0.6) is 0 Å². The van der Waals surface area contributed by atoms with Crippen molar-refractivity contribution in [3.8, 4) is 0 Å². The van der Waals surface area contributed by atoms with Crippen molar-refractivity contribution in [3.05, 3.63) is 97.2 Å². The fourth-order valence-corrected chi connectivity index (χ4v) is 11.5. The van der Waals surface area contributed by atoms with Crippen LogP contribution in [0.2, 0.25) is 0 Å². The van der Waals surface area contributed by atoms with Crippen molar-refractivity contribution in [2.45, 2.75) is 399 Å². The number of hydrogen-bond acceptors (Lipinski definition) is 6. The maximum Gasteiger partial charge on any atom is 0.306 e. The van der Waals surface area contributed by atoms with Gasteiger partial charge in [0.25, 0.3) is 0 Å². The van der Waals surface area contributed by atoms with E-state index in [1.54, 1.807) is 0 Å². The lowest BCUT2D eigenvalue weighted by Crippen LogP contribution is -2.20. The molecule has 0 aliphatic rings. The summed E-state index contributed by atoms with van der Waals surface area (Å²) < 4.78 is 12.0. The molecule has 6 nitrogen and oxygen atoms in total. The smallest absolute Gasteiger partial charge is 0.306 e. The summed E-state index contributed by atoms with van der Waals surface area (Å²) in [5, 5.41) is 0. The number of ether oxygens (including phenoxy) is 2. The minimum atomic E-state index is 0.00641. The lowest BCUT2D eigenvalue weighted by Gasteiger charge is -2.18. The first-order valence-corrected chi connectivity index (χ1v) is 40.1. The molecular formula is C86H158N2O4. The van der Waals surface area contributed by atoms with E-state index in [9.17, 15) is 9.59 Å². The van der Waals surface area contributed by atoms with Gasteiger partial charge in [0.15, 0.2) is 0 Å². The normalized spacial score (nSPS) is 12.4. The Morgan fingerprint density at radius 3 is 0.630 bits per heavy atom. The van der Waals surface area contributed by atoms with Gasteiger partial charge in [0, 0.05) is 12.8 Å². The molecule has 0 atom stereocenters. The lowest BCUT2D eigenvalue weighted by molar-refractivity contribution is -0.151. The molecule has 0 unspecified atom stereocenters. The quantitative estimate of drug-likeness (QED) is 0.0344. The summed E-state index contributed by atoms with van der Waals surface area (Å²) in [6, 6.07) is 0. The fourth-order valence-electron chi connectivity index (χ4n) is 11.5. The summed E-state index contributed by atoms with van der Waals surface area (Å²) in [5.74, 6) is 0.0128. The van der Waals surface area contributed by atoms with Crippen LogP contribution >= 0.6 is 0 Å². The Labute approximate surface area is 575 Å². The second-order valence-electron chi connectivity index (χ2n) is 27.5. The van der Waals surface area contributed by atoms with Gasteiger partial charge in [-0.2, -0.15) is 0 Å². The van der Waals surface area contributed by atoms with E-state index in [0.29, 0.717) is 12.8 Å². The van der Waals surface area contributed by atoms with Gasteiger partial charge in [-0.15, -0.1) is 0 Å². The summed E-state index contributed by atoms with van der Waals surface area (Å²) in [6.45, 7) is 10.9. The Balaban J connectivity index is 0. The van der Waals surface area contributed by atoms with Crippen LogP contribution in [-0.4, -0.2) is 75.2 Å². The standard InChI is InChI=1S/2C43H79NO2/c2*1-5-7-9-11-13-15-17-19-21-23-25-27-29-31-33-35-38-42(46-43(45)40-37-41-44(3)4)39-36-34-32-30-28-26-24-22-20-18-16-14-12-10-8-6-2/h2*13-16,19-22,42H,5-12,17-18,23-41H2,1-4H3/b2*15-13-,16-14-,21-19-,22-20-. The van der Waals surface area contributed by atoms with E-state index in [0.717, 1.165) is 77.3 Å². The predicted octanol–water partition coefficient (Wildman–Crippen LogP) is 27.3. The van der Waals surface area contributed by atoms with Gasteiger partial charge >= 0.3 is 11.9 Å². The van der Waals surface area contributed by atoms with Crippen molar-refractivity contribution in [2.24, 2.45) is 0 Å². The Hall–Kier alpha value is -3.22. The van der Waals surface area contributed by atoms with Crippen molar-refractivity contribution in [1.82, 2.24) is 9.80 Å². The summed E-state index contributed by atoms with van der Waals surface area (Å²) in [5.41, 5.74) is 0. The third-order valence-corrected chi connectivity index (χ3v) is 17.5. The number of carbonyl (C=O) groups is 2. The van der Waals surface area contributed by atoms with E-state index in [-0.39, 0.29) is 24.1 Å². The number of esters is 2. The molecule has 0 aromatic carbocycles. The van der Waals surface area contributed by atoms with Crippen LogP contribution in [0.25, 0.3) is 0 Å². The van der Waals surface area contributed by atoms with Crippen LogP contribution in [-0.2, 0) is 19.1 Å². The summed E-state index contributed by atoms with van der Waals surface area (Å²) in [4.78, 5) is 29.3. The fraction of sp³-hybridized carbons (Fsp3) is 0.791. The molecule has 536 valence electrons. The Morgan fingerprint density at radius 1 is 0.250 bits per heavy atom. The zero-order valence-corrected chi connectivity index (χ0v) is 62.9. The van der Waals surface area contributed by atoms with Crippen LogP contribution in [0.1, 0.15) is 387 Å². The molecular weight excluding hydrogens is 1120 g/mol. The third kappa shape index (κ3) is 81.0. The van der Waals surface area contributed by atoms with E-state index in [1.807, 2.05) is 0 Å². The third-order valence-electron chi connectivity index (χ3n) is 17.5. The molecule has 0 saturated heterocycles. The first kappa shape index (κ1) is 90.8. The summed E-state index contributed by atoms with van der Waals surface area (Å²) >= 11 is 0. The van der Waals surface area contributed by atoms with Gasteiger partial charge in [-0.05, 0) is 234 Å². The average molecular weight is 1280 g/mol. The van der Waals surface area contributed by atoms with E-state index < -0.39 is 0 Å². The maximum absolute atomic E-state index is 12.5. The minimum absolute atomic E-state index is 0.00641. The van der Waals surface area contributed by atoms with Gasteiger partial charge in [-0.1, -0.05) is 279 Å². The molecule has 0 bridgehead atoms. The highest BCUT2D eigenvalue weighted by molar-refractivity contribution is 5.69. The van der Waals surface area contributed by atoms with Crippen LogP contribution in [0.15, 0.2) is 97.2 Å². The van der Waals surface area contributed by atoms with E-state index in [2.05, 4.69) is 163 Å². The molecule has 0 spiro atoms.